The first-order valence-corrected chi connectivity index (χ1v) is 7.60. The topological polar surface area (TPSA) is 118 Å². The van der Waals surface area contributed by atoms with Crippen LogP contribution < -0.4 is 0 Å². The Morgan fingerprint density at radius 2 is 2.21 bits per heavy atom. The molecule has 0 bridgehead atoms. The smallest absolute Gasteiger partial charge is 0.323 e. The molecule has 0 saturated carbocycles. The van der Waals surface area contributed by atoms with Gasteiger partial charge in [0, 0.05) is 26.6 Å². The van der Waals surface area contributed by atoms with Crippen LogP contribution in [0.3, 0.4) is 0 Å². The van der Waals surface area contributed by atoms with Gasteiger partial charge >= 0.3 is 5.97 Å². The molecule has 1 fully saturated rings. The molecule has 0 spiro atoms. The number of amides is 2. The molecule has 2 atom stereocenters. The average Bonchev–Trinajstić information content (AvgIpc) is 3.07. The van der Waals surface area contributed by atoms with E-state index in [2.05, 4.69) is 10.1 Å². The third-order valence-electron chi connectivity index (χ3n) is 3.84. The standard InChI is InChI=1S/C14H21N5O5/c1-10(19-9-15-8-16-19)14(23)17-3-4-24-12(5-17)6-18(11(2)20)7-13(21)22/h8-10,12H,3-7H2,1-2H3,(H,21,22). The molecule has 1 aliphatic rings. The van der Waals surface area contributed by atoms with Crippen molar-refractivity contribution in [2.24, 2.45) is 0 Å². The van der Waals surface area contributed by atoms with Crippen LogP contribution in [0.15, 0.2) is 12.7 Å². The highest BCUT2D eigenvalue weighted by atomic mass is 16.5. The number of aromatic nitrogens is 3. The lowest BCUT2D eigenvalue weighted by atomic mass is 10.2. The van der Waals surface area contributed by atoms with Gasteiger partial charge in [-0.05, 0) is 6.92 Å². The van der Waals surface area contributed by atoms with Crippen LogP contribution in [-0.4, -0.2) is 86.3 Å². The van der Waals surface area contributed by atoms with Crippen LogP contribution in [0.1, 0.15) is 19.9 Å². The molecule has 1 aromatic heterocycles. The van der Waals surface area contributed by atoms with Crippen molar-refractivity contribution >= 4 is 17.8 Å². The van der Waals surface area contributed by atoms with E-state index < -0.39 is 24.7 Å². The molecule has 0 radical (unpaired) electrons. The largest absolute Gasteiger partial charge is 0.480 e. The summed E-state index contributed by atoms with van der Waals surface area (Å²) in [5.41, 5.74) is 0. The fourth-order valence-electron chi connectivity index (χ4n) is 2.54. The molecule has 10 nitrogen and oxygen atoms in total. The molecule has 2 heterocycles. The van der Waals surface area contributed by atoms with Crippen molar-refractivity contribution in [1.29, 1.82) is 0 Å². The Bertz CT molecular complexity index is 590. The number of nitrogens with zero attached hydrogens (tertiary/aromatic N) is 5. The molecule has 24 heavy (non-hydrogen) atoms. The lowest BCUT2D eigenvalue weighted by Gasteiger charge is -2.36. The van der Waals surface area contributed by atoms with E-state index in [1.54, 1.807) is 11.8 Å². The van der Waals surface area contributed by atoms with Gasteiger partial charge in [0.25, 0.3) is 0 Å². The molecule has 2 amide bonds. The van der Waals surface area contributed by atoms with E-state index in [1.807, 2.05) is 0 Å². The van der Waals surface area contributed by atoms with Crippen LogP contribution in [0.25, 0.3) is 0 Å². The van der Waals surface area contributed by atoms with Crippen LogP contribution in [0.2, 0.25) is 0 Å². The molecule has 2 rings (SSSR count). The van der Waals surface area contributed by atoms with Crippen molar-refractivity contribution in [2.45, 2.75) is 26.0 Å². The van der Waals surface area contributed by atoms with Crippen molar-refractivity contribution in [1.82, 2.24) is 24.6 Å². The Kier molecular flexibility index (Phi) is 5.85. The van der Waals surface area contributed by atoms with E-state index in [0.717, 1.165) is 0 Å². The predicted molar refractivity (Wildman–Crippen MR) is 80.9 cm³/mol. The number of hydrogen-bond acceptors (Lipinski definition) is 6. The summed E-state index contributed by atoms with van der Waals surface area (Å²) in [4.78, 5) is 41.6. The van der Waals surface area contributed by atoms with Gasteiger partial charge in [0.15, 0.2) is 0 Å². The summed E-state index contributed by atoms with van der Waals surface area (Å²) in [6.07, 6.45) is 2.42. The van der Waals surface area contributed by atoms with Crippen LogP contribution in [-0.2, 0) is 19.1 Å². The molecular formula is C14H21N5O5. The number of carboxylic acid groups (broad SMARTS) is 1. The van der Waals surface area contributed by atoms with Crippen LogP contribution in [0.4, 0.5) is 0 Å². The Hall–Kier alpha value is -2.49. The number of ether oxygens (including phenoxy) is 1. The van der Waals surface area contributed by atoms with E-state index in [1.165, 1.54) is 29.2 Å². The zero-order valence-electron chi connectivity index (χ0n) is 13.7. The minimum atomic E-state index is -1.09. The third-order valence-corrected chi connectivity index (χ3v) is 3.84. The van der Waals surface area contributed by atoms with Crippen molar-refractivity contribution < 1.29 is 24.2 Å². The van der Waals surface area contributed by atoms with Crippen molar-refractivity contribution in [3.8, 4) is 0 Å². The first-order valence-electron chi connectivity index (χ1n) is 7.60. The lowest BCUT2D eigenvalue weighted by molar-refractivity contribution is -0.149. The minimum Gasteiger partial charge on any atom is -0.480 e. The number of morpholine rings is 1. The highest BCUT2D eigenvalue weighted by Gasteiger charge is 2.30. The zero-order chi connectivity index (χ0) is 17.7. The second kappa shape index (κ2) is 7.86. The van der Waals surface area contributed by atoms with Gasteiger partial charge < -0.3 is 19.6 Å². The van der Waals surface area contributed by atoms with E-state index in [4.69, 9.17) is 9.84 Å². The molecule has 10 heteroatoms. The van der Waals surface area contributed by atoms with Crippen LogP contribution >= 0.6 is 0 Å². The Balaban J connectivity index is 1.96. The van der Waals surface area contributed by atoms with E-state index >= 15 is 0 Å². The Labute approximate surface area is 139 Å². The summed E-state index contributed by atoms with van der Waals surface area (Å²) in [6, 6.07) is -0.492. The maximum absolute atomic E-state index is 12.5. The normalized spacial score (nSPS) is 18.9. The van der Waals surface area contributed by atoms with Gasteiger partial charge in [-0.2, -0.15) is 5.10 Å². The summed E-state index contributed by atoms with van der Waals surface area (Å²) in [5.74, 6) is -1.56. The maximum Gasteiger partial charge on any atom is 0.323 e. The highest BCUT2D eigenvalue weighted by Crippen LogP contribution is 2.13. The first kappa shape index (κ1) is 17.9. The van der Waals surface area contributed by atoms with Gasteiger partial charge in [-0.25, -0.2) is 9.67 Å². The van der Waals surface area contributed by atoms with Crippen molar-refractivity contribution in [2.75, 3.05) is 32.8 Å². The molecule has 1 N–H and O–H groups in total. The van der Waals surface area contributed by atoms with Gasteiger partial charge in [-0.15, -0.1) is 0 Å². The lowest BCUT2D eigenvalue weighted by Crippen LogP contribution is -2.52. The zero-order valence-corrected chi connectivity index (χ0v) is 13.7. The summed E-state index contributed by atoms with van der Waals surface area (Å²) in [5, 5.41) is 12.8. The first-order chi connectivity index (χ1) is 11.4. The highest BCUT2D eigenvalue weighted by molar-refractivity contribution is 5.80. The molecular weight excluding hydrogens is 318 g/mol. The number of carboxylic acids is 1. The summed E-state index contributed by atoms with van der Waals surface area (Å²) in [7, 11) is 0. The molecule has 1 aliphatic heterocycles. The van der Waals surface area contributed by atoms with Crippen LogP contribution in [0.5, 0.6) is 0 Å². The number of carbonyl (C=O) groups is 3. The molecule has 2 unspecified atom stereocenters. The third kappa shape index (κ3) is 4.51. The fraction of sp³-hybridized carbons (Fsp3) is 0.643. The van der Waals surface area contributed by atoms with Crippen molar-refractivity contribution in [3.63, 3.8) is 0 Å². The SMILES string of the molecule is CC(=O)N(CC(=O)O)CC1CN(C(=O)C(C)n2cncn2)CCO1. The average molecular weight is 339 g/mol. The summed E-state index contributed by atoms with van der Waals surface area (Å²) >= 11 is 0. The second-order valence-electron chi connectivity index (χ2n) is 5.62. The molecule has 0 aromatic carbocycles. The van der Waals surface area contributed by atoms with Gasteiger partial charge in [0.1, 0.15) is 25.2 Å². The summed E-state index contributed by atoms with van der Waals surface area (Å²) < 4.78 is 7.05. The van der Waals surface area contributed by atoms with Crippen molar-refractivity contribution in [3.05, 3.63) is 12.7 Å². The second-order valence-corrected chi connectivity index (χ2v) is 5.62. The summed E-state index contributed by atoms with van der Waals surface area (Å²) in [6.45, 7) is 3.84. The number of aliphatic carboxylic acids is 1. The van der Waals surface area contributed by atoms with Gasteiger partial charge in [0.05, 0.1) is 12.7 Å². The number of carbonyl (C=O) groups excluding carboxylic acids is 2. The maximum atomic E-state index is 12.5. The monoisotopic (exact) mass is 339 g/mol. The molecule has 1 aromatic rings. The Morgan fingerprint density at radius 1 is 1.46 bits per heavy atom. The molecule has 1 saturated heterocycles. The van der Waals surface area contributed by atoms with Gasteiger partial charge in [0.2, 0.25) is 11.8 Å². The predicted octanol–water partition coefficient (Wildman–Crippen LogP) is -1.00. The van der Waals surface area contributed by atoms with E-state index in [-0.39, 0.29) is 18.4 Å². The van der Waals surface area contributed by atoms with E-state index in [9.17, 15) is 14.4 Å². The molecule has 0 aliphatic carbocycles. The fourth-order valence-corrected chi connectivity index (χ4v) is 2.54. The number of hydrogen-bond donors (Lipinski definition) is 1. The van der Waals surface area contributed by atoms with E-state index in [0.29, 0.717) is 19.7 Å². The van der Waals surface area contributed by atoms with Gasteiger partial charge in [-0.1, -0.05) is 0 Å². The van der Waals surface area contributed by atoms with Gasteiger partial charge in [-0.3, -0.25) is 14.4 Å². The quantitative estimate of drug-likeness (QED) is 0.706. The molecule has 132 valence electrons. The Morgan fingerprint density at radius 3 is 2.79 bits per heavy atom. The minimum absolute atomic E-state index is 0.124. The number of rotatable bonds is 6. The van der Waals surface area contributed by atoms with Crippen LogP contribution in [0, 0.1) is 0 Å².